The van der Waals surface area contributed by atoms with Gasteiger partial charge in [0, 0.05) is 50.1 Å². The van der Waals surface area contributed by atoms with E-state index >= 15 is 0 Å². The molecule has 2 rings (SSSR count). The molecule has 1 amide bonds. The smallest absolute Gasteiger partial charge is 0.224 e. The van der Waals surface area contributed by atoms with Gasteiger partial charge in [-0.25, -0.2) is 0 Å². The minimum absolute atomic E-state index is 0.0613. The summed E-state index contributed by atoms with van der Waals surface area (Å²) in [5.41, 5.74) is 7.02. The molecule has 1 heterocycles. The largest absolute Gasteiger partial charge is 0.507 e. The summed E-state index contributed by atoms with van der Waals surface area (Å²) in [6.07, 6.45) is 5.65. The van der Waals surface area contributed by atoms with Gasteiger partial charge in [0.05, 0.1) is 6.42 Å². The zero-order chi connectivity index (χ0) is 19.3. The summed E-state index contributed by atoms with van der Waals surface area (Å²) in [7, 11) is 0. The Labute approximate surface area is 160 Å². The number of aromatic nitrogens is 1. The first-order valence-electron chi connectivity index (χ1n) is 9.62. The highest BCUT2D eigenvalue weighted by Crippen LogP contribution is 2.27. The number of nitrogens with two attached hydrogens (primary N) is 1. The molecule has 5 N–H and O–H groups in total. The SMILES string of the molecule is NCCCOCCCCOCCCNC(=O)Cc1c[nH]c2cccc(O)c12. The second-order valence-corrected chi connectivity index (χ2v) is 6.47. The molecule has 2 aromatic rings. The molecule has 150 valence electrons. The highest BCUT2D eigenvalue weighted by molar-refractivity contribution is 5.92. The van der Waals surface area contributed by atoms with Crippen molar-refractivity contribution in [2.75, 3.05) is 39.5 Å². The van der Waals surface area contributed by atoms with E-state index in [0.29, 0.717) is 31.7 Å². The van der Waals surface area contributed by atoms with Crippen molar-refractivity contribution in [1.82, 2.24) is 10.3 Å². The quantitative estimate of drug-likeness (QED) is 0.377. The molecule has 0 bridgehead atoms. The van der Waals surface area contributed by atoms with E-state index in [0.717, 1.165) is 50.0 Å². The number of rotatable bonds is 14. The summed E-state index contributed by atoms with van der Waals surface area (Å²) in [6.45, 7) is 4.07. The minimum Gasteiger partial charge on any atom is -0.507 e. The Kier molecular flexibility index (Phi) is 9.68. The fraction of sp³-hybridized carbons (Fsp3) is 0.550. The van der Waals surface area contributed by atoms with Crippen LogP contribution in [-0.2, 0) is 20.7 Å². The number of aromatic amines is 1. The monoisotopic (exact) mass is 377 g/mol. The average molecular weight is 377 g/mol. The van der Waals surface area contributed by atoms with E-state index in [1.165, 1.54) is 0 Å². The van der Waals surface area contributed by atoms with Gasteiger partial charge in [-0.2, -0.15) is 0 Å². The first-order chi connectivity index (χ1) is 13.2. The van der Waals surface area contributed by atoms with Gasteiger partial charge in [0.25, 0.3) is 0 Å². The van der Waals surface area contributed by atoms with Crippen molar-refractivity contribution in [1.29, 1.82) is 0 Å². The van der Waals surface area contributed by atoms with Crippen LogP contribution >= 0.6 is 0 Å². The predicted octanol–water partition coefficient (Wildman–Crippen LogP) is 2.08. The lowest BCUT2D eigenvalue weighted by Gasteiger charge is -2.07. The van der Waals surface area contributed by atoms with Crippen LogP contribution in [0.4, 0.5) is 0 Å². The number of fused-ring (bicyclic) bond motifs is 1. The standard InChI is InChI=1S/C20H31N3O4/c21-8-4-12-26-10-1-2-11-27-13-5-9-22-19(25)14-16-15-23-17-6-3-7-18(24)20(16)17/h3,6-7,15,23-24H,1-2,4-5,8-14,21H2,(H,22,25). The normalized spacial score (nSPS) is 11.1. The maximum Gasteiger partial charge on any atom is 0.224 e. The summed E-state index contributed by atoms with van der Waals surface area (Å²) in [6, 6.07) is 5.27. The first-order valence-corrected chi connectivity index (χ1v) is 9.62. The molecule has 0 aliphatic heterocycles. The highest BCUT2D eigenvalue weighted by Gasteiger charge is 2.11. The number of aromatic hydroxyl groups is 1. The molecule has 1 aromatic heterocycles. The molecule has 0 saturated carbocycles. The van der Waals surface area contributed by atoms with Gasteiger partial charge in [0.15, 0.2) is 0 Å². The van der Waals surface area contributed by atoms with Crippen LogP contribution in [0.15, 0.2) is 24.4 Å². The van der Waals surface area contributed by atoms with Gasteiger partial charge in [-0.15, -0.1) is 0 Å². The lowest BCUT2D eigenvalue weighted by molar-refractivity contribution is -0.120. The molecule has 0 atom stereocenters. The fourth-order valence-electron chi connectivity index (χ4n) is 2.81. The van der Waals surface area contributed by atoms with Crippen LogP contribution in [0.25, 0.3) is 10.9 Å². The fourth-order valence-corrected chi connectivity index (χ4v) is 2.81. The number of amides is 1. The Morgan fingerprint density at radius 2 is 1.78 bits per heavy atom. The van der Waals surface area contributed by atoms with Gasteiger partial charge in [-0.3, -0.25) is 4.79 Å². The molecule has 0 unspecified atom stereocenters. The van der Waals surface area contributed by atoms with Crippen LogP contribution < -0.4 is 11.1 Å². The van der Waals surface area contributed by atoms with Crippen molar-refractivity contribution in [2.24, 2.45) is 5.73 Å². The number of unbranched alkanes of at least 4 members (excludes halogenated alkanes) is 1. The molecular formula is C20H31N3O4. The second kappa shape index (κ2) is 12.3. The van der Waals surface area contributed by atoms with E-state index in [4.69, 9.17) is 15.2 Å². The van der Waals surface area contributed by atoms with E-state index in [-0.39, 0.29) is 18.1 Å². The number of benzene rings is 1. The van der Waals surface area contributed by atoms with Crippen molar-refractivity contribution in [2.45, 2.75) is 32.1 Å². The molecular weight excluding hydrogens is 346 g/mol. The Morgan fingerprint density at radius 3 is 2.52 bits per heavy atom. The summed E-state index contributed by atoms with van der Waals surface area (Å²) in [5, 5.41) is 13.6. The zero-order valence-corrected chi connectivity index (χ0v) is 15.8. The van der Waals surface area contributed by atoms with Crippen LogP contribution in [0.3, 0.4) is 0 Å². The Hall–Kier alpha value is -2.09. The number of H-pyrrole nitrogens is 1. The number of hydrogen-bond acceptors (Lipinski definition) is 5. The van der Waals surface area contributed by atoms with E-state index < -0.39 is 0 Å². The number of carbonyl (C=O) groups is 1. The third-order valence-electron chi connectivity index (χ3n) is 4.22. The number of carbonyl (C=O) groups excluding carboxylic acids is 1. The molecule has 0 radical (unpaired) electrons. The van der Waals surface area contributed by atoms with E-state index in [1.807, 2.05) is 6.07 Å². The number of phenolic OH excluding ortho intramolecular Hbond substituents is 1. The van der Waals surface area contributed by atoms with Crippen molar-refractivity contribution >= 4 is 16.8 Å². The zero-order valence-electron chi connectivity index (χ0n) is 15.8. The Bertz CT molecular complexity index is 687. The summed E-state index contributed by atoms with van der Waals surface area (Å²) < 4.78 is 11.0. The van der Waals surface area contributed by atoms with Gasteiger partial charge in [-0.05, 0) is 49.9 Å². The number of phenols is 1. The van der Waals surface area contributed by atoms with E-state index in [1.54, 1.807) is 18.3 Å². The second-order valence-electron chi connectivity index (χ2n) is 6.47. The van der Waals surface area contributed by atoms with E-state index in [9.17, 15) is 9.90 Å². The van der Waals surface area contributed by atoms with Crippen LogP contribution in [0, 0.1) is 0 Å². The number of nitrogens with one attached hydrogen (secondary N) is 2. The van der Waals surface area contributed by atoms with Crippen LogP contribution in [-0.4, -0.2) is 55.5 Å². The maximum absolute atomic E-state index is 12.1. The predicted molar refractivity (Wildman–Crippen MR) is 106 cm³/mol. The van der Waals surface area contributed by atoms with Crippen LogP contribution in [0.1, 0.15) is 31.2 Å². The maximum atomic E-state index is 12.1. The first kappa shape index (κ1) is 21.2. The molecule has 27 heavy (non-hydrogen) atoms. The van der Waals surface area contributed by atoms with Gasteiger partial charge in [0.1, 0.15) is 5.75 Å². The third-order valence-corrected chi connectivity index (χ3v) is 4.22. The van der Waals surface area contributed by atoms with Gasteiger partial charge in [0.2, 0.25) is 5.91 Å². The number of hydrogen-bond donors (Lipinski definition) is 4. The van der Waals surface area contributed by atoms with Crippen molar-refractivity contribution in [3.05, 3.63) is 30.0 Å². The lowest BCUT2D eigenvalue weighted by atomic mass is 10.1. The molecule has 0 saturated heterocycles. The molecule has 7 nitrogen and oxygen atoms in total. The summed E-state index contributed by atoms with van der Waals surface area (Å²) in [5.74, 6) is 0.128. The van der Waals surface area contributed by atoms with Gasteiger partial charge < -0.3 is 30.6 Å². The minimum atomic E-state index is -0.0613. The Morgan fingerprint density at radius 1 is 1.07 bits per heavy atom. The summed E-state index contributed by atoms with van der Waals surface area (Å²) >= 11 is 0. The average Bonchev–Trinajstić information content (AvgIpc) is 3.07. The molecule has 1 aromatic carbocycles. The summed E-state index contributed by atoms with van der Waals surface area (Å²) in [4.78, 5) is 15.2. The lowest BCUT2D eigenvalue weighted by Crippen LogP contribution is -2.26. The van der Waals surface area contributed by atoms with Crippen LogP contribution in [0.2, 0.25) is 0 Å². The third kappa shape index (κ3) is 7.58. The Balaban J connectivity index is 1.50. The van der Waals surface area contributed by atoms with Crippen LogP contribution in [0.5, 0.6) is 5.75 Å². The molecule has 0 aliphatic carbocycles. The van der Waals surface area contributed by atoms with Crippen molar-refractivity contribution in [3.8, 4) is 5.75 Å². The highest BCUT2D eigenvalue weighted by atomic mass is 16.5. The van der Waals surface area contributed by atoms with Crippen molar-refractivity contribution in [3.63, 3.8) is 0 Å². The van der Waals surface area contributed by atoms with Crippen molar-refractivity contribution < 1.29 is 19.4 Å². The van der Waals surface area contributed by atoms with Gasteiger partial charge in [-0.1, -0.05) is 6.07 Å². The topological polar surface area (TPSA) is 110 Å². The van der Waals surface area contributed by atoms with Gasteiger partial charge >= 0.3 is 0 Å². The molecule has 0 aliphatic rings. The van der Waals surface area contributed by atoms with E-state index in [2.05, 4.69) is 10.3 Å². The molecule has 0 spiro atoms. The molecule has 7 heteroatoms. The number of ether oxygens (including phenoxy) is 2. The molecule has 0 fully saturated rings.